The third-order valence-corrected chi connectivity index (χ3v) is 7.47. The first-order valence-corrected chi connectivity index (χ1v) is 13.4. The van der Waals surface area contributed by atoms with E-state index in [1.807, 2.05) is 41.3 Å². The Labute approximate surface area is 219 Å². The lowest BCUT2D eigenvalue weighted by atomic mass is 9.81. The number of amides is 1. The Kier molecular flexibility index (Phi) is 10.2. The Bertz CT molecular complexity index is 968. The van der Waals surface area contributed by atoms with Crippen LogP contribution in [0, 0.1) is 11.8 Å². The monoisotopic (exact) mass is 509 g/mol. The number of carbonyl (C=O) groups excluding carboxylic acids is 1. The molecule has 2 aromatic carbocycles. The van der Waals surface area contributed by atoms with Crippen molar-refractivity contribution in [3.63, 3.8) is 0 Å². The first-order chi connectivity index (χ1) is 18.1. The fourth-order valence-electron chi connectivity index (χ4n) is 5.30. The number of rotatable bonds is 12. The van der Waals surface area contributed by atoms with Crippen LogP contribution in [0.3, 0.4) is 0 Å². The summed E-state index contributed by atoms with van der Waals surface area (Å²) in [5, 5.41) is 9.53. The highest BCUT2D eigenvalue weighted by Gasteiger charge is 2.33. The molecule has 0 bridgehead atoms. The van der Waals surface area contributed by atoms with Crippen molar-refractivity contribution in [3.8, 4) is 5.75 Å². The number of nitrogens with zero attached hydrogens (tertiary/aromatic N) is 3. The van der Waals surface area contributed by atoms with Gasteiger partial charge in [0.1, 0.15) is 5.75 Å². The number of likely N-dealkylation sites (tertiary alicyclic amines) is 1. The molecule has 1 N–H and O–H groups in total. The number of carboxylic acids is 1. The minimum Gasteiger partial charge on any atom is -0.484 e. The van der Waals surface area contributed by atoms with Crippen LogP contribution < -0.4 is 9.64 Å². The maximum atomic E-state index is 12.9. The lowest BCUT2D eigenvalue weighted by molar-refractivity contribution is -0.140. The maximum absolute atomic E-state index is 12.9. The molecule has 0 aliphatic carbocycles. The second kappa shape index (κ2) is 14.0. The first-order valence-electron chi connectivity index (χ1n) is 13.4. The van der Waals surface area contributed by atoms with E-state index in [1.54, 1.807) is 0 Å². The SMILES string of the molecule is O=C(O)CC1CCN(C(=O)COc2ccccc2)CC1CCN(CCN1CCOCC1)c1ccccc1. The minimum absolute atomic E-state index is 0.00395. The molecule has 2 aliphatic heterocycles. The van der Waals surface area contributed by atoms with E-state index in [9.17, 15) is 14.7 Å². The van der Waals surface area contributed by atoms with Crippen molar-refractivity contribution < 1.29 is 24.2 Å². The number of anilines is 1. The van der Waals surface area contributed by atoms with Gasteiger partial charge in [-0.1, -0.05) is 36.4 Å². The molecule has 8 nitrogen and oxygen atoms in total. The zero-order valence-electron chi connectivity index (χ0n) is 21.5. The van der Waals surface area contributed by atoms with E-state index >= 15 is 0 Å². The van der Waals surface area contributed by atoms with Crippen molar-refractivity contribution in [1.29, 1.82) is 0 Å². The summed E-state index contributed by atoms with van der Waals surface area (Å²) in [5.41, 5.74) is 1.17. The molecule has 2 aliphatic rings. The average Bonchev–Trinajstić information content (AvgIpc) is 2.94. The van der Waals surface area contributed by atoms with Crippen LogP contribution in [0.5, 0.6) is 5.75 Å². The fraction of sp³-hybridized carbons (Fsp3) is 0.517. The van der Waals surface area contributed by atoms with Gasteiger partial charge < -0.3 is 24.4 Å². The molecule has 4 rings (SSSR count). The zero-order chi connectivity index (χ0) is 25.9. The quantitative estimate of drug-likeness (QED) is 0.470. The molecule has 2 aromatic rings. The van der Waals surface area contributed by atoms with Crippen LogP contribution in [0.2, 0.25) is 0 Å². The third-order valence-electron chi connectivity index (χ3n) is 7.47. The van der Waals surface area contributed by atoms with Gasteiger partial charge >= 0.3 is 5.97 Å². The Morgan fingerprint density at radius 3 is 2.35 bits per heavy atom. The number of hydrogen-bond donors (Lipinski definition) is 1. The van der Waals surface area contributed by atoms with Crippen molar-refractivity contribution in [2.75, 3.05) is 70.5 Å². The summed E-state index contributed by atoms with van der Waals surface area (Å²) in [6, 6.07) is 19.7. The van der Waals surface area contributed by atoms with E-state index in [0.717, 1.165) is 52.4 Å². The molecular formula is C29H39N3O5. The van der Waals surface area contributed by atoms with Gasteiger partial charge in [-0.15, -0.1) is 0 Å². The molecule has 0 radical (unpaired) electrons. The van der Waals surface area contributed by atoms with Crippen molar-refractivity contribution in [2.24, 2.45) is 11.8 Å². The number of ether oxygens (including phenoxy) is 2. The molecule has 1 amide bonds. The summed E-state index contributed by atoms with van der Waals surface area (Å²) in [5.74, 6) is 0.0461. The van der Waals surface area contributed by atoms with Gasteiger partial charge in [0.05, 0.1) is 13.2 Å². The second-order valence-electron chi connectivity index (χ2n) is 9.91. The number of carboxylic acid groups (broad SMARTS) is 1. The van der Waals surface area contributed by atoms with E-state index in [2.05, 4.69) is 34.1 Å². The molecule has 2 atom stereocenters. The highest BCUT2D eigenvalue weighted by atomic mass is 16.5. The predicted octanol–water partition coefficient (Wildman–Crippen LogP) is 3.23. The first kappa shape index (κ1) is 26.9. The molecule has 200 valence electrons. The molecule has 2 fully saturated rings. The number of benzene rings is 2. The molecule has 2 saturated heterocycles. The highest BCUT2D eigenvalue weighted by molar-refractivity contribution is 5.78. The Morgan fingerprint density at radius 2 is 1.65 bits per heavy atom. The summed E-state index contributed by atoms with van der Waals surface area (Å²) in [7, 11) is 0. The second-order valence-corrected chi connectivity index (χ2v) is 9.91. The number of aliphatic carboxylic acids is 1. The lowest BCUT2D eigenvalue weighted by Crippen LogP contribution is -2.47. The normalized spacial score (nSPS) is 20.4. The Morgan fingerprint density at radius 1 is 0.946 bits per heavy atom. The minimum atomic E-state index is -0.769. The summed E-state index contributed by atoms with van der Waals surface area (Å²) in [4.78, 5) is 31.2. The summed E-state index contributed by atoms with van der Waals surface area (Å²) >= 11 is 0. The smallest absolute Gasteiger partial charge is 0.303 e. The summed E-state index contributed by atoms with van der Waals surface area (Å²) in [6.07, 6.45) is 1.68. The van der Waals surface area contributed by atoms with Gasteiger partial charge in [-0.3, -0.25) is 14.5 Å². The Hall–Kier alpha value is -3.10. The molecule has 0 saturated carbocycles. The van der Waals surface area contributed by atoms with Gasteiger partial charge in [0.15, 0.2) is 6.61 Å². The predicted molar refractivity (Wildman–Crippen MR) is 143 cm³/mol. The van der Waals surface area contributed by atoms with E-state index in [-0.39, 0.29) is 30.8 Å². The van der Waals surface area contributed by atoms with Crippen molar-refractivity contribution in [3.05, 3.63) is 60.7 Å². The number of hydrogen-bond acceptors (Lipinski definition) is 6. The molecule has 0 spiro atoms. The van der Waals surface area contributed by atoms with Crippen LogP contribution in [-0.4, -0.2) is 92.4 Å². The van der Waals surface area contributed by atoms with Crippen LogP contribution in [0.4, 0.5) is 5.69 Å². The molecule has 2 unspecified atom stereocenters. The standard InChI is InChI=1S/C29H39N3O5/c33-28(23-37-27-9-5-2-6-10-27)32-14-11-24(21-29(34)35)25(22-32)12-13-31(26-7-3-1-4-8-26)16-15-30-17-19-36-20-18-30/h1-10,24-25H,11-23H2,(H,34,35). The largest absolute Gasteiger partial charge is 0.484 e. The van der Waals surface area contributed by atoms with Gasteiger partial charge in [0.25, 0.3) is 5.91 Å². The van der Waals surface area contributed by atoms with Crippen molar-refractivity contribution in [2.45, 2.75) is 19.3 Å². The van der Waals surface area contributed by atoms with E-state index in [4.69, 9.17) is 9.47 Å². The van der Waals surface area contributed by atoms with Crippen LogP contribution in [0.1, 0.15) is 19.3 Å². The average molecular weight is 510 g/mol. The van der Waals surface area contributed by atoms with Gasteiger partial charge in [-0.05, 0) is 48.9 Å². The summed E-state index contributed by atoms with van der Waals surface area (Å²) in [6.45, 7) is 7.28. The van der Waals surface area contributed by atoms with Crippen molar-refractivity contribution >= 4 is 17.6 Å². The van der Waals surface area contributed by atoms with E-state index in [0.29, 0.717) is 25.3 Å². The molecule has 8 heteroatoms. The number of carbonyl (C=O) groups is 2. The van der Waals surface area contributed by atoms with Crippen LogP contribution in [0.15, 0.2) is 60.7 Å². The van der Waals surface area contributed by atoms with Gasteiger partial charge in [0.2, 0.25) is 0 Å². The van der Waals surface area contributed by atoms with Crippen molar-refractivity contribution in [1.82, 2.24) is 9.80 Å². The van der Waals surface area contributed by atoms with Gasteiger partial charge in [0, 0.05) is 57.9 Å². The fourth-order valence-corrected chi connectivity index (χ4v) is 5.30. The van der Waals surface area contributed by atoms with Gasteiger partial charge in [-0.2, -0.15) is 0 Å². The third kappa shape index (κ3) is 8.47. The molecule has 2 heterocycles. The van der Waals surface area contributed by atoms with Crippen LogP contribution in [0.25, 0.3) is 0 Å². The van der Waals surface area contributed by atoms with Crippen LogP contribution >= 0.6 is 0 Å². The Balaban J connectivity index is 1.37. The maximum Gasteiger partial charge on any atom is 0.303 e. The van der Waals surface area contributed by atoms with Gasteiger partial charge in [-0.25, -0.2) is 0 Å². The number of para-hydroxylation sites is 2. The molecular weight excluding hydrogens is 470 g/mol. The molecule has 37 heavy (non-hydrogen) atoms. The number of piperidine rings is 1. The highest BCUT2D eigenvalue weighted by Crippen LogP contribution is 2.30. The van der Waals surface area contributed by atoms with E-state index in [1.165, 1.54) is 5.69 Å². The zero-order valence-corrected chi connectivity index (χ0v) is 21.5. The number of morpholine rings is 1. The molecule has 0 aromatic heterocycles. The summed E-state index contributed by atoms with van der Waals surface area (Å²) < 4.78 is 11.2. The topological polar surface area (TPSA) is 82.5 Å². The lowest BCUT2D eigenvalue weighted by Gasteiger charge is -2.39. The van der Waals surface area contributed by atoms with E-state index < -0.39 is 5.97 Å². The van der Waals surface area contributed by atoms with Crippen LogP contribution in [-0.2, 0) is 14.3 Å².